The summed E-state index contributed by atoms with van der Waals surface area (Å²) < 4.78 is 27.3. The van der Waals surface area contributed by atoms with Gasteiger partial charge in [0.2, 0.25) is 10.0 Å². The Morgan fingerprint density at radius 3 is 2.76 bits per heavy atom. The molecule has 6 nitrogen and oxygen atoms in total. The van der Waals surface area contributed by atoms with Crippen molar-refractivity contribution in [2.45, 2.75) is 25.3 Å². The van der Waals surface area contributed by atoms with E-state index in [2.05, 4.69) is 20.0 Å². The molecule has 0 saturated carbocycles. The number of sulfonamides is 1. The minimum atomic E-state index is -3.64. The number of rotatable bonds is 6. The van der Waals surface area contributed by atoms with Gasteiger partial charge in [-0.1, -0.05) is 6.07 Å². The number of aryl methyl sites for hydroxylation is 1. The van der Waals surface area contributed by atoms with E-state index < -0.39 is 10.0 Å². The number of aromatic nitrogens is 2. The first-order valence-corrected chi connectivity index (χ1v) is 8.11. The Morgan fingerprint density at radius 1 is 1.24 bits per heavy atom. The van der Waals surface area contributed by atoms with Crippen LogP contribution < -0.4 is 10.0 Å². The molecule has 7 heteroatoms. The molecule has 0 radical (unpaired) electrons. The SMILES string of the molecule is CCNc1ccncc1S(=O)(=O)NCc1cccc(C)n1. The Kier molecular flexibility index (Phi) is 4.87. The number of hydrogen-bond acceptors (Lipinski definition) is 5. The second-order valence-corrected chi connectivity index (χ2v) is 6.23. The average molecular weight is 306 g/mol. The molecule has 2 rings (SSSR count). The molecule has 21 heavy (non-hydrogen) atoms. The van der Waals surface area contributed by atoms with Crippen LogP contribution in [0, 0.1) is 6.92 Å². The third-order valence-corrected chi connectivity index (χ3v) is 4.26. The third kappa shape index (κ3) is 3.99. The third-order valence-electron chi connectivity index (χ3n) is 2.83. The normalized spacial score (nSPS) is 11.3. The molecule has 2 aromatic heterocycles. The van der Waals surface area contributed by atoms with E-state index in [1.165, 1.54) is 6.20 Å². The second kappa shape index (κ2) is 6.64. The van der Waals surface area contributed by atoms with Crippen molar-refractivity contribution < 1.29 is 8.42 Å². The lowest BCUT2D eigenvalue weighted by atomic mass is 10.3. The van der Waals surface area contributed by atoms with Crippen LogP contribution in [0.5, 0.6) is 0 Å². The smallest absolute Gasteiger partial charge is 0.244 e. The molecule has 0 fully saturated rings. The van der Waals surface area contributed by atoms with Gasteiger partial charge in [-0.15, -0.1) is 0 Å². The highest BCUT2D eigenvalue weighted by Crippen LogP contribution is 2.19. The molecule has 0 aliphatic carbocycles. The van der Waals surface area contributed by atoms with Crippen molar-refractivity contribution >= 4 is 15.7 Å². The molecule has 0 aliphatic heterocycles. The van der Waals surface area contributed by atoms with Crippen molar-refractivity contribution in [2.75, 3.05) is 11.9 Å². The van der Waals surface area contributed by atoms with E-state index in [9.17, 15) is 8.42 Å². The van der Waals surface area contributed by atoms with E-state index in [0.717, 1.165) is 5.69 Å². The van der Waals surface area contributed by atoms with Crippen LogP contribution in [0.15, 0.2) is 41.6 Å². The molecule has 2 aromatic rings. The van der Waals surface area contributed by atoms with Crippen molar-refractivity contribution in [1.82, 2.24) is 14.7 Å². The second-order valence-electron chi connectivity index (χ2n) is 4.50. The van der Waals surface area contributed by atoms with Crippen LogP contribution >= 0.6 is 0 Å². The summed E-state index contributed by atoms with van der Waals surface area (Å²) in [5, 5.41) is 3.01. The van der Waals surface area contributed by atoms with Gasteiger partial charge in [-0.2, -0.15) is 0 Å². The number of hydrogen-bond donors (Lipinski definition) is 2. The van der Waals surface area contributed by atoms with Crippen LogP contribution in [0.2, 0.25) is 0 Å². The summed E-state index contributed by atoms with van der Waals surface area (Å²) >= 11 is 0. The zero-order chi connectivity index (χ0) is 15.3. The number of anilines is 1. The van der Waals surface area contributed by atoms with Crippen molar-refractivity contribution in [3.8, 4) is 0 Å². The molecule has 0 unspecified atom stereocenters. The summed E-state index contributed by atoms with van der Waals surface area (Å²) in [7, 11) is -3.64. The highest BCUT2D eigenvalue weighted by molar-refractivity contribution is 7.89. The zero-order valence-electron chi connectivity index (χ0n) is 12.0. The van der Waals surface area contributed by atoms with E-state index >= 15 is 0 Å². The topological polar surface area (TPSA) is 84.0 Å². The maximum atomic E-state index is 12.4. The van der Waals surface area contributed by atoms with Gasteiger partial charge in [0.25, 0.3) is 0 Å². The number of nitrogens with one attached hydrogen (secondary N) is 2. The minimum Gasteiger partial charge on any atom is -0.384 e. The monoisotopic (exact) mass is 306 g/mol. The lowest BCUT2D eigenvalue weighted by Gasteiger charge is -2.11. The van der Waals surface area contributed by atoms with Gasteiger partial charge in [-0.25, -0.2) is 13.1 Å². The van der Waals surface area contributed by atoms with Crippen LogP contribution in [0.1, 0.15) is 18.3 Å². The Labute approximate surface area is 124 Å². The average Bonchev–Trinajstić information content (AvgIpc) is 2.46. The lowest BCUT2D eigenvalue weighted by Crippen LogP contribution is -2.25. The van der Waals surface area contributed by atoms with Crippen molar-refractivity contribution in [1.29, 1.82) is 0 Å². The maximum absolute atomic E-state index is 12.4. The van der Waals surface area contributed by atoms with Crippen LogP contribution in [-0.2, 0) is 16.6 Å². The molecule has 0 saturated heterocycles. The first-order chi connectivity index (χ1) is 10.0. The Bertz CT molecular complexity index is 716. The Balaban J connectivity index is 2.19. The molecule has 0 bridgehead atoms. The minimum absolute atomic E-state index is 0.138. The Hall–Kier alpha value is -1.99. The van der Waals surface area contributed by atoms with E-state index in [0.29, 0.717) is 17.9 Å². The van der Waals surface area contributed by atoms with Crippen LogP contribution in [0.25, 0.3) is 0 Å². The quantitative estimate of drug-likeness (QED) is 0.848. The molecular formula is C14H18N4O2S. The molecule has 0 spiro atoms. The van der Waals surface area contributed by atoms with E-state index in [1.807, 2.05) is 26.0 Å². The zero-order valence-corrected chi connectivity index (χ0v) is 12.8. The maximum Gasteiger partial charge on any atom is 0.244 e. The van der Waals surface area contributed by atoms with Gasteiger partial charge in [-0.05, 0) is 32.0 Å². The first kappa shape index (κ1) is 15.4. The predicted octanol–water partition coefficient (Wildman–Crippen LogP) is 1.70. The number of pyridine rings is 2. The van der Waals surface area contributed by atoms with Gasteiger partial charge in [0.05, 0.1) is 17.9 Å². The summed E-state index contributed by atoms with van der Waals surface area (Å²) in [5.74, 6) is 0. The summed E-state index contributed by atoms with van der Waals surface area (Å²) in [6.07, 6.45) is 2.89. The molecule has 112 valence electrons. The molecule has 0 atom stereocenters. The highest BCUT2D eigenvalue weighted by Gasteiger charge is 2.18. The first-order valence-electron chi connectivity index (χ1n) is 6.63. The van der Waals surface area contributed by atoms with Gasteiger partial charge >= 0.3 is 0 Å². The summed E-state index contributed by atoms with van der Waals surface area (Å²) in [5.41, 5.74) is 2.06. The van der Waals surface area contributed by atoms with E-state index in [-0.39, 0.29) is 11.4 Å². The largest absolute Gasteiger partial charge is 0.384 e. The molecule has 2 N–H and O–H groups in total. The molecule has 2 heterocycles. The summed E-state index contributed by atoms with van der Waals surface area (Å²) in [6, 6.07) is 7.13. The molecule has 0 aliphatic rings. The van der Waals surface area contributed by atoms with Gasteiger partial charge in [-0.3, -0.25) is 9.97 Å². The van der Waals surface area contributed by atoms with Crippen LogP contribution in [-0.4, -0.2) is 24.9 Å². The summed E-state index contributed by atoms with van der Waals surface area (Å²) in [4.78, 5) is 8.30. The van der Waals surface area contributed by atoms with Gasteiger partial charge in [0, 0.05) is 24.6 Å². The number of nitrogens with zero attached hydrogens (tertiary/aromatic N) is 2. The molecular weight excluding hydrogens is 288 g/mol. The highest BCUT2D eigenvalue weighted by atomic mass is 32.2. The van der Waals surface area contributed by atoms with Gasteiger partial charge < -0.3 is 5.32 Å². The van der Waals surface area contributed by atoms with E-state index in [1.54, 1.807) is 18.3 Å². The van der Waals surface area contributed by atoms with E-state index in [4.69, 9.17) is 0 Å². The fourth-order valence-corrected chi connectivity index (χ4v) is 3.00. The van der Waals surface area contributed by atoms with Crippen molar-refractivity contribution in [3.05, 3.63) is 48.0 Å². The van der Waals surface area contributed by atoms with Gasteiger partial charge in [0.15, 0.2) is 0 Å². The van der Waals surface area contributed by atoms with Crippen molar-refractivity contribution in [2.24, 2.45) is 0 Å². The Morgan fingerprint density at radius 2 is 2.05 bits per heavy atom. The predicted molar refractivity (Wildman–Crippen MR) is 81.4 cm³/mol. The van der Waals surface area contributed by atoms with Gasteiger partial charge in [0.1, 0.15) is 4.90 Å². The van der Waals surface area contributed by atoms with Crippen molar-refractivity contribution in [3.63, 3.8) is 0 Å². The van der Waals surface area contributed by atoms with Crippen LogP contribution in [0.3, 0.4) is 0 Å². The summed E-state index contributed by atoms with van der Waals surface area (Å²) in [6.45, 7) is 4.54. The fraction of sp³-hybridized carbons (Fsp3) is 0.286. The fourth-order valence-electron chi connectivity index (χ4n) is 1.88. The lowest BCUT2D eigenvalue weighted by molar-refractivity contribution is 0.580. The van der Waals surface area contributed by atoms with Crippen LogP contribution in [0.4, 0.5) is 5.69 Å². The molecule has 0 amide bonds. The standard InChI is InChI=1S/C14H18N4O2S/c1-3-16-13-7-8-15-10-14(13)21(19,20)17-9-12-6-4-5-11(2)18-12/h4-8,10,17H,3,9H2,1-2H3,(H,15,16). The molecule has 0 aromatic carbocycles.